The number of nitrogens with one attached hydrogen (secondary N) is 1. The van der Waals surface area contributed by atoms with E-state index in [2.05, 4.69) is 10.2 Å². The Morgan fingerprint density at radius 1 is 1.29 bits per heavy atom. The number of ether oxygens (including phenoxy) is 2. The van der Waals surface area contributed by atoms with Crippen LogP contribution in [0.2, 0.25) is 0 Å². The zero-order valence-electron chi connectivity index (χ0n) is 13.6. The first-order valence-corrected chi connectivity index (χ1v) is 7.97. The van der Waals surface area contributed by atoms with Crippen molar-refractivity contribution >= 4 is 6.09 Å². The normalized spacial score (nSPS) is 24.9. The Morgan fingerprint density at radius 2 is 2.00 bits per heavy atom. The van der Waals surface area contributed by atoms with E-state index < -0.39 is 5.60 Å². The fraction of sp³-hybridized carbons (Fsp3) is 0.933. The summed E-state index contributed by atoms with van der Waals surface area (Å²) in [6.07, 6.45) is 1.20. The minimum absolute atomic E-state index is 0.193. The maximum absolute atomic E-state index is 12.0. The van der Waals surface area contributed by atoms with Gasteiger partial charge in [-0.05, 0) is 27.2 Å². The van der Waals surface area contributed by atoms with Gasteiger partial charge in [-0.25, -0.2) is 4.79 Å². The molecule has 0 aromatic rings. The monoisotopic (exact) mass is 299 g/mol. The Labute approximate surface area is 127 Å². The summed E-state index contributed by atoms with van der Waals surface area (Å²) in [4.78, 5) is 16.2. The molecule has 1 amide bonds. The quantitative estimate of drug-likeness (QED) is 0.840. The highest BCUT2D eigenvalue weighted by Gasteiger charge is 2.26. The van der Waals surface area contributed by atoms with Crippen LogP contribution in [0.15, 0.2) is 0 Å². The first kappa shape index (κ1) is 16.5. The number of nitrogens with zero attached hydrogens (tertiary/aromatic N) is 2. The molecule has 0 aliphatic carbocycles. The molecular weight excluding hydrogens is 270 g/mol. The van der Waals surface area contributed by atoms with Crippen LogP contribution in [-0.4, -0.2) is 80.0 Å². The van der Waals surface area contributed by atoms with Gasteiger partial charge in [0.25, 0.3) is 0 Å². The molecule has 2 saturated heterocycles. The molecule has 0 saturated carbocycles. The molecule has 1 unspecified atom stereocenters. The predicted octanol–water partition coefficient (Wildman–Crippen LogP) is 0.918. The summed E-state index contributed by atoms with van der Waals surface area (Å²) in [6, 6.07) is 0. The molecule has 1 atom stereocenters. The second kappa shape index (κ2) is 7.42. The third kappa shape index (κ3) is 5.80. The lowest BCUT2D eigenvalue weighted by molar-refractivity contribution is 0.00401. The van der Waals surface area contributed by atoms with Gasteiger partial charge in [-0.3, -0.25) is 4.90 Å². The molecule has 6 heteroatoms. The minimum atomic E-state index is -0.417. The van der Waals surface area contributed by atoms with Gasteiger partial charge < -0.3 is 19.7 Å². The maximum Gasteiger partial charge on any atom is 0.410 e. The third-order valence-electron chi connectivity index (χ3n) is 3.80. The molecule has 1 N–H and O–H groups in total. The van der Waals surface area contributed by atoms with Crippen LogP contribution >= 0.6 is 0 Å². The zero-order chi connectivity index (χ0) is 15.3. The van der Waals surface area contributed by atoms with E-state index in [1.54, 1.807) is 4.90 Å². The molecule has 0 aromatic heterocycles. The number of morpholine rings is 1. The van der Waals surface area contributed by atoms with Crippen molar-refractivity contribution in [2.45, 2.75) is 38.9 Å². The van der Waals surface area contributed by atoms with E-state index in [0.29, 0.717) is 6.10 Å². The van der Waals surface area contributed by atoms with Crippen molar-refractivity contribution in [3.05, 3.63) is 0 Å². The molecule has 0 radical (unpaired) electrons. The van der Waals surface area contributed by atoms with Gasteiger partial charge in [0.1, 0.15) is 5.60 Å². The van der Waals surface area contributed by atoms with E-state index in [4.69, 9.17) is 9.47 Å². The van der Waals surface area contributed by atoms with E-state index in [9.17, 15) is 4.79 Å². The topological polar surface area (TPSA) is 54.0 Å². The summed E-state index contributed by atoms with van der Waals surface area (Å²) >= 11 is 0. The molecule has 2 heterocycles. The van der Waals surface area contributed by atoms with Gasteiger partial charge in [0.15, 0.2) is 0 Å². The molecule has 6 nitrogen and oxygen atoms in total. The maximum atomic E-state index is 12.0. The number of hydrogen-bond donors (Lipinski definition) is 1. The van der Waals surface area contributed by atoms with E-state index in [1.807, 2.05) is 20.8 Å². The molecule has 21 heavy (non-hydrogen) atoms. The molecule has 2 rings (SSSR count). The highest BCUT2D eigenvalue weighted by Crippen LogP contribution is 2.12. The van der Waals surface area contributed by atoms with Gasteiger partial charge in [-0.15, -0.1) is 0 Å². The second-order valence-corrected chi connectivity index (χ2v) is 6.79. The Kier molecular flexibility index (Phi) is 5.84. The summed E-state index contributed by atoms with van der Waals surface area (Å²) in [7, 11) is 0. The van der Waals surface area contributed by atoms with E-state index in [-0.39, 0.29) is 6.09 Å². The summed E-state index contributed by atoms with van der Waals surface area (Å²) < 4.78 is 11.1. The van der Waals surface area contributed by atoms with Gasteiger partial charge in [0.2, 0.25) is 0 Å². The predicted molar refractivity (Wildman–Crippen MR) is 81.5 cm³/mol. The fourth-order valence-electron chi connectivity index (χ4n) is 2.61. The van der Waals surface area contributed by atoms with E-state index in [0.717, 1.165) is 58.8 Å². The molecule has 2 fully saturated rings. The van der Waals surface area contributed by atoms with Crippen LogP contribution in [0.1, 0.15) is 27.2 Å². The van der Waals surface area contributed by atoms with Gasteiger partial charge in [-0.2, -0.15) is 0 Å². The van der Waals surface area contributed by atoms with Crippen molar-refractivity contribution in [3.63, 3.8) is 0 Å². The van der Waals surface area contributed by atoms with Crippen molar-refractivity contribution in [2.24, 2.45) is 0 Å². The highest BCUT2D eigenvalue weighted by molar-refractivity contribution is 5.68. The Bertz CT molecular complexity index is 330. The van der Waals surface area contributed by atoms with Gasteiger partial charge in [0, 0.05) is 45.8 Å². The van der Waals surface area contributed by atoms with Crippen LogP contribution in [0.3, 0.4) is 0 Å². The highest BCUT2D eigenvalue weighted by atomic mass is 16.6. The summed E-state index contributed by atoms with van der Waals surface area (Å²) in [6.45, 7) is 12.8. The van der Waals surface area contributed by atoms with Crippen LogP contribution in [0.25, 0.3) is 0 Å². The largest absolute Gasteiger partial charge is 0.444 e. The number of carbonyl (C=O) groups is 1. The van der Waals surface area contributed by atoms with Crippen molar-refractivity contribution < 1.29 is 14.3 Å². The number of piperazine rings is 1. The lowest BCUT2D eigenvalue weighted by Crippen LogP contribution is -2.50. The zero-order valence-corrected chi connectivity index (χ0v) is 13.6. The van der Waals surface area contributed by atoms with Crippen LogP contribution in [-0.2, 0) is 9.47 Å². The minimum Gasteiger partial charge on any atom is -0.444 e. The summed E-state index contributed by atoms with van der Waals surface area (Å²) in [5.41, 5.74) is -0.417. The summed E-state index contributed by atoms with van der Waals surface area (Å²) in [5, 5.41) is 3.35. The van der Waals surface area contributed by atoms with Gasteiger partial charge in [0.05, 0.1) is 12.7 Å². The standard InChI is InChI=1S/C15H29N3O3/c1-15(2,3)21-14(19)18-9-7-17(8-10-18)6-4-13-12-16-5-11-20-13/h13,16H,4-12H2,1-3H3. The smallest absolute Gasteiger partial charge is 0.410 e. The van der Waals surface area contributed by atoms with Gasteiger partial charge in [-0.1, -0.05) is 0 Å². The number of rotatable bonds is 3. The van der Waals surface area contributed by atoms with Crippen molar-refractivity contribution in [3.8, 4) is 0 Å². The van der Waals surface area contributed by atoms with Crippen molar-refractivity contribution in [2.75, 3.05) is 52.4 Å². The molecule has 0 aromatic carbocycles. The first-order valence-electron chi connectivity index (χ1n) is 7.97. The number of hydrogen-bond acceptors (Lipinski definition) is 5. The Morgan fingerprint density at radius 3 is 2.57 bits per heavy atom. The van der Waals surface area contributed by atoms with Crippen molar-refractivity contribution in [1.82, 2.24) is 15.1 Å². The van der Waals surface area contributed by atoms with Crippen LogP contribution < -0.4 is 5.32 Å². The lowest BCUT2D eigenvalue weighted by Gasteiger charge is -2.36. The van der Waals surface area contributed by atoms with E-state index >= 15 is 0 Å². The van der Waals surface area contributed by atoms with Gasteiger partial charge >= 0.3 is 6.09 Å². The average molecular weight is 299 g/mol. The van der Waals surface area contributed by atoms with E-state index in [1.165, 1.54) is 0 Å². The molecule has 2 aliphatic heterocycles. The Balaban J connectivity index is 1.64. The SMILES string of the molecule is CC(C)(C)OC(=O)N1CCN(CCC2CNCCO2)CC1. The molecule has 0 bridgehead atoms. The van der Waals surface area contributed by atoms with Crippen LogP contribution in [0, 0.1) is 0 Å². The molecule has 0 spiro atoms. The lowest BCUT2D eigenvalue weighted by atomic mass is 10.2. The van der Waals surface area contributed by atoms with Crippen LogP contribution in [0.4, 0.5) is 4.79 Å². The second-order valence-electron chi connectivity index (χ2n) is 6.79. The third-order valence-corrected chi connectivity index (χ3v) is 3.80. The molecule has 2 aliphatic rings. The summed E-state index contributed by atoms with van der Waals surface area (Å²) in [5.74, 6) is 0. The first-order chi connectivity index (χ1) is 9.94. The van der Waals surface area contributed by atoms with Crippen molar-refractivity contribution in [1.29, 1.82) is 0 Å². The number of carbonyl (C=O) groups excluding carboxylic acids is 1. The Hall–Kier alpha value is -0.850. The molecule has 122 valence electrons. The average Bonchev–Trinajstić information content (AvgIpc) is 2.45. The number of amides is 1. The fourth-order valence-corrected chi connectivity index (χ4v) is 2.61. The van der Waals surface area contributed by atoms with Crippen LogP contribution in [0.5, 0.6) is 0 Å². The molecular formula is C15H29N3O3.